The molecule has 1 N–H and O–H groups in total. The highest BCUT2D eigenvalue weighted by Crippen LogP contribution is 2.41. The number of hydrogen-bond acceptors (Lipinski definition) is 5. The molecular formula is C21H42NO6S+. The van der Waals surface area contributed by atoms with E-state index in [-0.39, 0.29) is 11.7 Å². The lowest BCUT2D eigenvalue weighted by molar-refractivity contribution is -0.890. The third-order valence-electron chi connectivity index (χ3n) is 5.44. The van der Waals surface area contributed by atoms with Crippen molar-refractivity contribution >= 4 is 16.1 Å². The fourth-order valence-electron chi connectivity index (χ4n) is 3.18. The molecule has 0 aliphatic rings. The van der Waals surface area contributed by atoms with Crippen molar-refractivity contribution in [3.63, 3.8) is 0 Å². The number of carbonyl (C=O) groups is 1. The first-order chi connectivity index (χ1) is 13.1. The Bertz CT molecular complexity index is 642. The van der Waals surface area contributed by atoms with Crippen LogP contribution in [0.25, 0.3) is 0 Å². The summed E-state index contributed by atoms with van der Waals surface area (Å²) >= 11 is 0. The number of allylic oxidation sites excluding steroid dienone is 1. The van der Waals surface area contributed by atoms with Gasteiger partial charge < -0.3 is 14.0 Å². The van der Waals surface area contributed by atoms with Crippen molar-refractivity contribution < 1.29 is 31.7 Å². The number of likely N-dealkylation sites (N-methyl/N-ethyl adjacent to an activating group) is 1. The molecule has 0 amide bonds. The highest BCUT2D eigenvalue weighted by atomic mass is 32.2. The Morgan fingerprint density at radius 2 is 1.66 bits per heavy atom. The zero-order chi connectivity index (χ0) is 22.9. The van der Waals surface area contributed by atoms with E-state index in [1.54, 1.807) is 0 Å². The summed E-state index contributed by atoms with van der Waals surface area (Å²) in [7, 11) is 0.0445. The van der Waals surface area contributed by atoms with Gasteiger partial charge in [0, 0.05) is 11.8 Å². The standard InChI is InChI=1S/C21H41NO6S/c1-9-14-28-19(23)21(6,10-2)17-20(4,5)18(3)27-15-13-22(7,8)12-11-16-29(24,25)26/h3,9-17H2,1-2,4-8H3/p+1. The molecule has 8 heteroatoms. The molecule has 0 saturated carbocycles. The van der Waals surface area contributed by atoms with Crippen LogP contribution in [0.2, 0.25) is 0 Å². The average Bonchev–Trinajstić information content (AvgIpc) is 2.57. The summed E-state index contributed by atoms with van der Waals surface area (Å²) in [6.45, 7) is 16.1. The van der Waals surface area contributed by atoms with Gasteiger partial charge in [-0.05, 0) is 26.2 Å². The Balaban J connectivity index is 4.71. The molecule has 0 aliphatic carbocycles. The second-order valence-corrected chi connectivity index (χ2v) is 11.0. The molecule has 1 atom stereocenters. The van der Waals surface area contributed by atoms with Gasteiger partial charge >= 0.3 is 5.97 Å². The molecule has 0 aromatic rings. The molecule has 0 bridgehead atoms. The molecule has 0 aromatic carbocycles. The summed E-state index contributed by atoms with van der Waals surface area (Å²) in [6.07, 6.45) is 2.42. The lowest BCUT2D eigenvalue weighted by Gasteiger charge is -2.36. The van der Waals surface area contributed by atoms with E-state index in [1.165, 1.54) is 0 Å². The van der Waals surface area contributed by atoms with Crippen molar-refractivity contribution in [2.45, 2.75) is 60.3 Å². The third-order valence-corrected chi connectivity index (χ3v) is 6.24. The molecular weight excluding hydrogens is 394 g/mol. The number of quaternary nitrogens is 1. The zero-order valence-electron chi connectivity index (χ0n) is 19.4. The summed E-state index contributed by atoms with van der Waals surface area (Å²) in [5.41, 5.74) is -1.01. The lowest BCUT2D eigenvalue weighted by atomic mass is 9.71. The normalized spacial score (nSPS) is 14.9. The van der Waals surface area contributed by atoms with Gasteiger partial charge in [0.05, 0.1) is 44.2 Å². The second kappa shape index (κ2) is 11.3. The van der Waals surface area contributed by atoms with E-state index >= 15 is 0 Å². The maximum Gasteiger partial charge on any atom is 0.311 e. The molecule has 0 aliphatic heterocycles. The number of ether oxygens (including phenoxy) is 2. The highest BCUT2D eigenvalue weighted by Gasteiger charge is 2.40. The van der Waals surface area contributed by atoms with Crippen LogP contribution in [-0.4, -0.2) is 69.6 Å². The predicted octanol–water partition coefficient (Wildman–Crippen LogP) is 3.66. The van der Waals surface area contributed by atoms with Crippen LogP contribution in [0.15, 0.2) is 12.3 Å². The fraction of sp³-hybridized carbons (Fsp3) is 0.857. The van der Waals surface area contributed by atoms with Gasteiger partial charge in [-0.2, -0.15) is 8.42 Å². The molecule has 1 unspecified atom stereocenters. The van der Waals surface area contributed by atoms with Crippen molar-refractivity contribution in [3.05, 3.63) is 12.3 Å². The van der Waals surface area contributed by atoms with Gasteiger partial charge in [-0.15, -0.1) is 0 Å². The summed E-state index contributed by atoms with van der Waals surface area (Å²) < 4.78 is 42.4. The van der Waals surface area contributed by atoms with Crippen LogP contribution >= 0.6 is 0 Å². The molecule has 0 aromatic heterocycles. The quantitative estimate of drug-likeness (QED) is 0.182. The second-order valence-electron chi connectivity index (χ2n) is 9.40. The summed E-state index contributed by atoms with van der Waals surface area (Å²) in [5, 5.41) is 0. The monoisotopic (exact) mass is 436 g/mol. The molecule has 0 heterocycles. The SMILES string of the molecule is C=C(OCC[N+](C)(C)CCCS(=O)(=O)O)C(C)(C)CC(C)(CC)C(=O)OCCC. The van der Waals surface area contributed by atoms with Crippen molar-refractivity contribution in [1.29, 1.82) is 0 Å². The van der Waals surface area contributed by atoms with Crippen LogP contribution in [0.3, 0.4) is 0 Å². The highest BCUT2D eigenvalue weighted by molar-refractivity contribution is 7.85. The van der Waals surface area contributed by atoms with Gasteiger partial charge in [-0.1, -0.05) is 34.3 Å². The van der Waals surface area contributed by atoms with Gasteiger partial charge in [-0.25, -0.2) is 0 Å². The molecule has 7 nitrogen and oxygen atoms in total. The Morgan fingerprint density at radius 1 is 1.07 bits per heavy atom. The topological polar surface area (TPSA) is 89.9 Å². The van der Waals surface area contributed by atoms with Crippen LogP contribution in [-0.2, 0) is 24.4 Å². The molecule has 0 fully saturated rings. The van der Waals surface area contributed by atoms with Crippen LogP contribution in [0.4, 0.5) is 0 Å². The lowest BCUT2D eigenvalue weighted by Crippen LogP contribution is -2.44. The minimum atomic E-state index is -3.93. The third kappa shape index (κ3) is 11.0. The van der Waals surface area contributed by atoms with Crippen LogP contribution < -0.4 is 0 Å². The van der Waals surface area contributed by atoms with E-state index in [1.807, 2.05) is 48.7 Å². The van der Waals surface area contributed by atoms with Gasteiger partial charge in [0.2, 0.25) is 0 Å². The first-order valence-electron chi connectivity index (χ1n) is 10.3. The van der Waals surface area contributed by atoms with Crippen molar-refractivity contribution in [2.24, 2.45) is 10.8 Å². The van der Waals surface area contributed by atoms with Gasteiger partial charge in [-0.3, -0.25) is 9.35 Å². The maximum absolute atomic E-state index is 12.5. The van der Waals surface area contributed by atoms with Crippen LogP contribution in [0.1, 0.15) is 60.3 Å². The summed E-state index contributed by atoms with van der Waals surface area (Å²) in [6, 6.07) is 0. The Hall–Kier alpha value is -1.12. The van der Waals surface area contributed by atoms with Crippen molar-refractivity contribution in [2.75, 3.05) is 46.2 Å². The maximum atomic E-state index is 12.5. The summed E-state index contributed by atoms with van der Waals surface area (Å²) in [4.78, 5) is 12.5. The van der Waals surface area contributed by atoms with Gasteiger partial charge in [0.25, 0.3) is 10.1 Å². The molecule has 0 rings (SSSR count). The van der Waals surface area contributed by atoms with E-state index < -0.39 is 20.9 Å². The molecule has 29 heavy (non-hydrogen) atoms. The van der Waals surface area contributed by atoms with Crippen LogP contribution in [0.5, 0.6) is 0 Å². The van der Waals surface area contributed by atoms with Gasteiger partial charge in [0.1, 0.15) is 13.2 Å². The molecule has 0 saturated heterocycles. The number of nitrogens with zero attached hydrogens (tertiary/aromatic N) is 1. The fourth-order valence-corrected chi connectivity index (χ4v) is 3.68. The molecule has 172 valence electrons. The predicted molar refractivity (Wildman–Crippen MR) is 116 cm³/mol. The minimum Gasteiger partial charge on any atom is -0.492 e. The largest absolute Gasteiger partial charge is 0.492 e. The van der Waals surface area contributed by atoms with Gasteiger partial charge in [0.15, 0.2) is 0 Å². The van der Waals surface area contributed by atoms with E-state index in [9.17, 15) is 13.2 Å². The smallest absolute Gasteiger partial charge is 0.311 e. The van der Waals surface area contributed by atoms with Crippen molar-refractivity contribution in [1.82, 2.24) is 0 Å². The van der Waals surface area contributed by atoms with E-state index in [2.05, 4.69) is 6.58 Å². The summed E-state index contributed by atoms with van der Waals surface area (Å²) in [5.74, 6) is 0.205. The molecule has 0 spiro atoms. The number of hydrogen-bond donors (Lipinski definition) is 1. The molecule has 0 radical (unpaired) electrons. The Morgan fingerprint density at radius 3 is 2.14 bits per heavy atom. The van der Waals surface area contributed by atoms with E-state index in [0.717, 1.165) is 6.42 Å². The average molecular weight is 437 g/mol. The number of carbonyl (C=O) groups excluding carboxylic acids is 1. The van der Waals surface area contributed by atoms with Crippen LogP contribution in [0, 0.1) is 10.8 Å². The number of esters is 1. The van der Waals surface area contributed by atoms with E-state index in [0.29, 0.717) is 55.8 Å². The van der Waals surface area contributed by atoms with Crippen molar-refractivity contribution in [3.8, 4) is 0 Å². The number of rotatable bonds is 15. The Labute approximate surface area is 177 Å². The minimum absolute atomic E-state index is 0.181. The zero-order valence-corrected chi connectivity index (χ0v) is 20.2. The first kappa shape index (κ1) is 27.9. The first-order valence-corrected chi connectivity index (χ1v) is 12.0. The Kier molecular flexibility index (Phi) is 10.9. The van der Waals surface area contributed by atoms with E-state index in [4.69, 9.17) is 14.0 Å².